The fraction of sp³-hybridized carbons (Fsp3) is 0.857. The molecule has 3 N–H and O–H groups in total. The van der Waals surface area contributed by atoms with Crippen LogP contribution in [0.15, 0.2) is 0 Å². The molecule has 1 fully saturated rings. The predicted molar refractivity (Wildman–Crippen MR) is 74.0 cm³/mol. The monoisotopic (exact) mass is 270 g/mol. The number of aliphatic carboxylic acids is 1. The third-order valence-corrected chi connectivity index (χ3v) is 3.61. The van der Waals surface area contributed by atoms with Gasteiger partial charge in [-0.25, -0.2) is 4.79 Å². The highest BCUT2D eigenvalue weighted by Gasteiger charge is 2.39. The third-order valence-electron chi connectivity index (χ3n) is 3.61. The lowest BCUT2D eigenvalue weighted by atomic mass is 9.63. The van der Waals surface area contributed by atoms with Crippen molar-refractivity contribution < 1.29 is 14.7 Å². The van der Waals surface area contributed by atoms with Crippen molar-refractivity contribution in [3.05, 3.63) is 0 Å². The first kappa shape index (κ1) is 15.8. The summed E-state index contributed by atoms with van der Waals surface area (Å²) in [5, 5.41) is 14.1. The number of rotatable bonds is 3. The normalized spacial score (nSPS) is 23.4. The molecule has 0 aromatic rings. The molecule has 5 nitrogen and oxygen atoms in total. The van der Waals surface area contributed by atoms with E-state index in [2.05, 4.69) is 38.3 Å². The van der Waals surface area contributed by atoms with Crippen LogP contribution in [-0.4, -0.2) is 29.2 Å². The maximum Gasteiger partial charge on any atom is 0.325 e. The van der Waals surface area contributed by atoms with Gasteiger partial charge in [-0.15, -0.1) is 0 Å². The van der Waals surface area contributed by atoms with Crippen LogP contribution in [-0.2, 0) is 4.79 Å². The number of carboxylic acid groups (broad SMARTS) is 1. The lowest BCUT2D eigenvalue weighted by Crippen LogP contribution is -2.51. The van der Waals surface area contributed by atoms with Crippen LogP contribution in [0, 0.1) is 10.8 Å². The summed E-state index contributed by atoms with van der Waals surface area (Å²) in [6.07, 6.45) is 2.97. The molecule has 0 radical (unpaired) electrons. The smallest absolute Gasteiger partial charge is 0.325 e. The van der Waals surface area contributed by atoms with Crippen LogP contribution in [0.25, 0.3) is 0 Å². The van der Waals surface area contributed by atoms with Crippen LogP contribution in [0.4, 0.5) is 4.79 Å². The summed E-state index contributed by atoms with van der Waals surface area (Å²) in [7, 11) is 0. The second kappa shape index (κ2) is 5.39. The SMILES string of the molecule is C[C@H](NC(=O)NC1CC(C)(C)CC(C)(C)C1)C(=O)O. The molecule has 0 unspecified atom stereocenters. The molecule has 2 amide bonds. The first-order valence-electron chi connectivity index (χ1n) is 6.81. The van der Waals surface area contributed by atoms with Gasteiger partial charge in [0.2, 0.25) is 0 Å². The molecule has 1 aliphatic carbocycles. The second-order valence-corrected chi connectivity index (χ2v) is 7.29. The highest BCUT2D eigenvalue weighted by Crippen LogP contribution is 2.45. The zero-order valence-electron chi connectivity index (χ0n) is 12.5. The van der Waals surface area contributed by atoms with E-state index in [1.807, 2.05) is 0 Å². The number of amides is 2. The number of urea groups is 1. The van der Waals surface area contributed by atoms with E-state index in [0.29, 0.717) is 0 Å². The molecule has 0 saturated heterocycles. The van der Waals surface area contributed by atoms with E-state index in [1.54, 1.807) is 0 Å². The molecule has 1 aliphatic rings. The van der Waals surface area contributed by atoms with Gasteiger partial charge >= 0.3 is 12.0 Å². The summed E-state index contributed by atoms with van der Waals surface area (Å²) in [5.41, 5.74) is 0.385. The van der Waals surface area contributed by atoms with Gasteiger partial charge in [0.15, 0.2) is 0 Å². The third kappa shape index (κ3) is 5.09. The number of carbonyl (C=O) groups excluding carboxylic acids is 1. The number of hydrogen-bond acceptors (Lipinski definition) is 2. The van der Waals surface area contributed by atoms with Gasteiger partial charge in [0.05, 0.1) is 0 Å². The summed E-state index contributed by atoms with van der Waals surface area (Å²) in [4.78, 5) is 22.5. The van der Waals surface area contributed by atoms with Gasteiger partial charge in [0, 0.05) is 6.04 Å². The highest BCUT2D eigenvalue weighted by atomic mass is 16.4. The molecular weight excluding hydrogens is 244 g/mol. The molecule has 0 heterocycles. The topological polar surface area (TPSA) is 78.4 Å². The van der Waals surface area contributed by atoms with E-state index in [1.165, 1.54) is 6.92 Å². The van der Waals surface area contributed by atoms with E-state index in [4.69, 9.17) is 5.11 Å². The molecule has 0 aromatic heterocycles. The first-order chi connectivity index (χ1) is 8.51. The Labute approximate surface area is 115 Å². The van der Waals surface area contributed by atoms with Gasteiger partial charge in [0.1, 0.15) is 6.04 Å². The molecule has 19 heavy (non-hydrogen) atoms. The summed E-state index contributed by atoms with van der Waals surface area (Å²) in [6, 6.07) is -1.17. The first-order valence-corrected chi connectivity index (χ1v) is 6.81. The van der Waals surface area contributed by atoms with Crippen LogP contribution in [0.1, 0.15) is 53.9 Å². The number of carboxylic acids is 1. The van der Waals surface area contributed by atoms with Crippen LogP contribution in [0.2, 0.25) is 0 Å². The fourth-order valence-corrected chi connectivity index (χ4v) is 3.43. The van der Waals surface area contributed by atoms with E-state index < -0.39 is 18.0 Å². The van der Waals surface area contributed by atoms with Crippen LogP contribution < -0.4 is 10.6 Å². The number of nitrogens with one attached hydrogen (secondary N) is 2. The zero-order valence-corrected chi connectivity index (χ0v) is 12.5. The van der Waals surface area contributed by atoms with Crippen molar-refractivity contribution in [1.82, 2.24) is 10.6 Å². The van der Waals surface area contributed by atoms with Gasteiger partial charge in [-0.1, -0.05) is 27.7 Å². The number of hydrogen-bond donors (Lipinski definition) is 3. The largest absolute Gasteiger partial charge is 0.480 e. The Morgan fingerprint density at radius 1 is 1.16 bits per heavy atom. The van der Waals surface area contributed by atoms with Crippen molar-refractivity contribution in [3.8, 4) is 0 Å². The van der Waals surface area contributed by atoms with Crippen LogP contribution in [0.5, 0.6) is 0 Å². The Balaban J connectivity index is 2.57. The Morgan fingerprint density at radius 2 is 1.63 bits per heavy atom. The molecule has 1 rings (SSSR count). The van der Waals surface area contributed by atoms with Crippen molar-refractivity contribution in [2.75, 3.05) is 0 Å². The van der Waals surface area contributed by atoms with Crippen molar-refractivity contribution in [3.63, 3.8) is 0 Å². The Bertz CT molecular complexity index is 348. The molecule has 0 spiro atoms. The maximum atomic E-state index is 11.8. The average molecular weight is 270 g/mol. The van der Waals surface area contributed by atoms with Gasteiger partial charge in [0.25, 0.3) is 0 Å². The molecule has 5 heteroatoms. The lowest BCUT2D eigenvalue weighted by molar-refractivity contribution is -0.138. The molecule has 110 valence electrons. The van der Waals surface area contributed by atoms with Crippen molar-refractivity contribution in [1.29, 1.82) is 0 Å². The zero-order chi connectivity index (χ0) is 14.8. The van der Waals surface area contributed by atoms with Crippen molar-refractivity contribution >= 4 is 12.0 Å². The van der Waals surface area contributed by atoms with Crippen LogP contribution in [0.3, 0.4) is 0 Å². The van der Waals surface area contributed by atoms with Gasteiger partial charge in [-0.05, 0) is 37.0 Å². The van der Waals surface area contributed by atoms with E-state index in [0.717, 1.165) is 19.3 Å². The minimum Gasteiger partial charge on any atom is -0.480 e. The summed E-state index contributed by atoms with van der Waals surface area (Å²) >= 11 is 0. The van der Waals surface area contributed by atoms with Gasteiger partial charge in [-0.3, -0.25) is 4.79 Å². The predicted octanol–water partition coefficient (Wildman–Crippen LogP) is 2.36. The number of carbonyl (C=O) groups is 2. The molecular formula is C14H26N2O3. The summed E-state index contributed by atoms with van der Waals surface area (Å²) in [5.74, 6) is -1.03. The second-order valence-electron chi connectivity index (χ2n) is 7.29. The minimum absolute atomic E-state index is 0.0970. The average Bonchev–Trinajstić information content (AvgIpc) is 2.10. The molecule has 0 aliphatic heterocycles. The lowest BCUT2D eigenvalue weighted by Gasteiger charge is -2.45. The molecule has 0 aromatic carbocycles. The molecule has 0 bridgehead atoms. The van der Waals surface area contributed by atoms with Crippen molar-refractivity contribution in [2.24, 2.45) is 10.8 Å². The van der Waals surface area contributed by atoms with E-state index in [-0.39, 0.29) is 16.9 Å². The van der Waals surface area contributed by atoms with Crippen molar-refractivity contribution in [2.45, 2.75) is 66.0 Å². The minimum atomic E-state index is -1.03. The maximum absolute atomic E-state index is 11.8. The van der Waals surface area contributed by atoms with Gasteiger partial charge < -0.3 is 15.7 Å². The Kier molecular flexibility index (Phi) is 4.48. The summed E-state index contributed by atoms with van der Waals surface area (Å²) in [6.45, 7) is 10.3. The van der Waals surface area contributed by atoms with Gasteiger partial charge in [-0.2, -0.15) is 0 Å². The fourth-order valence-electron chi connectivity index (χ4n) is 3.43. The Morgan fingerprint density at radius 3 is 2.05 bits per heavy atom. The molecule has 1 atom stereocenters. The standard InChI is InChI=1S/C14H26N2O3/c1-9(11(17)18)15-12(19)16-10-6-13(2,3)8-14(4,5)7-10/h9-10H,6-8H2,1-5H3,(H,17,18)(H2,15,16,19)/t9-/m0/s1. The highest BCUT2D eigenvalue weighted by molar-refractivity contribution is 5.82. The van der Waals surface area contributed by atoms with E-state index >= 15 is 0 Å². The summed E-state index contributed by atoms with van der Waals surface area (Å²) < 4.78 is 0. The molecule has 1 saturated carbocycles. The van der Waals surface area contributed by atoms with Crippen LogP contribution >= 0.6 is 0 Å². The Hall–Kier alpha value is -1.26. The van der Waals surface area contributed by atoms with E-state index in [9.17, 15) is 9.59 Å². The quantitative estimate of drug-likeness (QED) is 0.736.